The molecule has 0 unspecified atom stereocenters. The van der Waals surface area contributed by atoms with Crippen LogP contribution in [-0.4, -0.2) is 6.04 Å². The van der Waals surface area contributed by atoms with E-state index in [1.165, 1.54) is 28.4 Å². The molecule has 0 heterocycles. The Morgan fingerprint density at radius 2 is 1.79 bits per heavy atom. The highest BCUT2D eigenvalue weighted by atomic mass is 79.9. The van der Waals surface area contributed by atoms with Crippen LogP contribution in [0.3, 0.4) is 0 Å². The quantitative estimate of drug-likeness (QED) is 0.876. The summed E-state index contributed by atoms with van der Waals surface area (Å²) in [5, 5.41) is 3.64. The summed E-state index contributed by atoms with van der Waals surface area (Å²) in [5.74, 6) is 0.728. The van der Waals surface area contributed by atoms with Crippen LogP contribution in [0.4, 0.5) is 0 Å². The highest BCUT2D eigenvalue weighted by molar-refractivity contribution is 9.10. The molecule has 3 rings (SSSR count). The lowest BCUT2D eigenvalue weighted by Gasteiger charge is -2.36. The van der Waals surface area contributed by atoms with E-state index >= 15 is 0 Å². The number of rotatable bonds is 4. The molecule has 0 bridgehead atoms. The molecular weight excluding hydrogens is 298 g/mol. The van der Waals surface area contributed by atoms with E-state index in [1.807, 2.05) is 0 Å². The minimum atomic E-state index is 0.671. The summed E-state index contributed by atoms with van der Waals surface area (Å²) in [6, 6.07) is 20.0. The standard InChI is InChI=1S/C17H18BrN/c18-16-8-4-7-14(9-16)15-10-17(11-15)19-12-13-5-2-1-3-6-13/h1-9,15,17,19H,10-12H2. The molecule has 0 aliphatic heterocycles. The summed E-state index contributed by atoms with van der Waals surface area (Å²) in [6.07, 6.45) is 2.51. The first kappa shape index (κ1) is 12.9. The maximum atomic E-state index is 3.64. The Hall–Kier alpha value is -1.12. The van der Waals surface area contributed by atoms with E-state index in [9.17, 15) is 0 Å². The molecule has 1 fully saturated rings. The lowest BCUT2D eigenvalue weighted by molar-refractivity contribution is 0.289. The molecule has 1 nitrogen and oxygen atoms in total. The number of halogens is 1. The molecule has 2 aromatic carbocycles. The van der Waals surface area contributed by atoms with Gasteiger partial charge in [0.05, 0.1) is 0 Å². The van der Waals surface area contributed by atoms with Gasteiger partial charge in [0.2, 0.25) is 0 Å². The summed E-state index contributed by atoms with van der Waals surface area (Å²) < 4.78 is 1.19. The molecular formula is C17H18BrN. The van der Waals surface area contributed by atoms with Crippen LogP contribution in [0.5, 0.6) is 0 Å². The van der Waals surface area contributed by atoms with Crippen LogP contribution in [0.15, 0.2) is 59.1 Å². The van der Waals surface area contributed by atoms with Crippen molar-refractivity contribution in [3.05, 3.63) is 70.2 Å². The van der Waals surface area contributed by atoms with E-state index in [-0.39, 0.29) is 0 Å². The monoisotopic (exact) mass is 315 g/mol. The van der Waals surface area contributed by atoms with Crippen molar-refractivity contribution in [1.29, 1.82) is 0 Å². The lowest BCUT2D eigenvalue weighted by atomic mass is 9.76. The van der Waals surface area contributed by atoms with Crippen molar-refractivity contribution in [2.24, 2.45) is 0 Å². The summed E-state index contributed by atoms with van der Waals surface area (Å²) in [4.78, 5) is 0. The Morgan fingerprint density at radius 3 is 2.53 bits per heavy atom. The van der Waals surface area contributed by atoms with E-state index in [4.69, 9.17) is 0 Å². The zero-order chi connectivity index (χ0) is 13.1. The zero-order valence-corrected chi connectivity index (χ0v) is 12.4. The molecule has 0 aromatic heterocycles. The van der Waals surface area contributed by atoms with Gasteiger partial charge in [0.1, 0.15) is 0 Å². The predicted octanol–water partition coefficient (Wildman–Crippen LogP) is 4.48. The topological polar surface area (TPSA) is 12.0 Å². The minimum Gasteiger partial charge on any atom is -0.310 e. The normalized spacial score (nSPS) is 21.9. The van der Waals surface area contributed by atoms with Gasteiger partial charge < -0.3 is 5.32 Å². The molecule has 0 saturated heterocycles. The summed E-state index contributed by atoms with van der Waals surface area (Å²) >= 11 is 3.54. The Balaban J connectivity index is 1.48. The maximum absolute atomic E-state index is 3.64. The number of hydrogen-bond donors (Lipinski definition) is 1. The van der Waals surface area contributed by atoms with Gasteiger partial charge in [-0.1, -0.05) is 58.4 Å². The Kier molecular flexibility index (Phi) is 4.00. The molecule has 1 N–H and O–H groups in total. The highest BCUT2D eigenvalue weighted by Crippen LogP contribution is 2.37. The number of hydrogen-bond acceptors (Lipinski definition) is 1. The molecule has 0 spiro atoms. The third-order valence-electron chi connectivity index (χ3n) is 3.90. The van der Waals surface area contributed by atoms with E-state index in [2.05, 4.69) is 75.8 Å². The van der Waals surface area contributed by atoms with Gasteiger partial charge in [-0.15, -0.1) is 0 Å². The third-order valence-corrected chi connectivity index (χ3v) is 4.39. The highest BCUT2D eigenvalue weighted by Gasteiger charge is 2.29. The van der Waals surface area contributed by atoms with Crippen LogP contribution in [0.1, 0.15) is 29.9 Å². The summed E-state index contributed by atoms with van der Waals surface area (Å²) in [5.41, 5.74) is 2.83. The van der Waals surface area contributed by atoms with E-state index in [0.29, 0.717) is 6.04 Å². The molecule has 19 heavy (non-hydrogen) atoms. The van der Waals surface area contributed by atoms with Crippen LogP contribution in [-0.2, 0) is 6.54 Å². The van der Waals surface area contributed by atoms with Gasteiger partial charge in [-0.25, -0.2) is 0 Å². The molecule has 0 amide bonds. The van der Waals surface area contributed by atoms with Crippen LogP contribution in [0, 0.1) is 0 Å². The zero-order valence-electron chi connectivity index (χ0n) is 10.9. The van der Waals surface area contributed by atoms with Gasteiger partial charge in [-0.05, 0) is 42.0 Å². The SMILES string of the molecule is Brc1cccc(C2CC(NCc3ccccc3)C2)c1. The van der Waals surface area contributed by atoms with Gasteiger partial charge in [0.25, 0.3) is 0 Å². The molecule has 98 valence electrons. The molecule has 1 saturated carbocycles. The summed E-state index contributed by atoms with van der Waals surface area (Å²) in [6.45, 7) is 0.983. The van der Waals surface area contributed by atoms with Crippen LogP contribution >= 0.6 is 15.9 Å². The van der Waals surface area contributed by atoms with Crippen molar-refractivity contribution < 1.29 is 0 Å². The molecule has 0 atom stereocenters. The maximum Gasteiger partial charge on any atom is 0.0208 e. The Labute approximate surface area is 123 Å². The van der Waals surface area contributed by atoms with Crippen LogP contribution in [0.25, 0.3) is 0 Å². The molecule has 1 aliphatic carbocycles. The van der Waals surface area contributed by atoms with Crippen molar-refractivity contribution in [2.45, 2.75) is 31.3 Å². The predicted molar refractivity (Wildman–Crippen MR) is 83.2 cm³/mol. The van der Waals surface area contributed by atoms with E-state index in [1.54, 1.807) is 0 Å². The fourth-order valence-electron chi connectivity index (χ4n) is 2.68. The second-order valence-electron chi connectivity index (χ2n) is 5.29. The Bertz CT molecular complexity index is 532. The molecule has 2 aromatic rings. The minimum absolute atomic E-state index is 0.671. The van der Waals surface area contributed by atoms with Crippen molar-refractivity contribution in [1.82, 2.24) is 5.32 Å². The first-order valence-electron chi connectivity index (χ1n) is 6.84. The van der Waals surface area contributed by atoms with Crippen molar-refractivity contribution >= 4 is 15.9 Å². The molecule has 0 radical (unpaired) electrons. The van der Waals surface area contributed by atoms with E-state index < -0.39 is 0 Å². The first-order chi connectivity index (χ1) is 9.31. The smallest absolute Gasteiger partial charge is 0.0208 e. The van der Waals surface area contributed by atoms with E-state index in [0.717, 1.165) is 12.5 Å². The number of nitrogens with one attached hydrogen (secondary N) is 1. The van der Waals surface area contributed by atoms with Gasteiger partial charge in [0, 0.05) is 17.1 Å². The Morgan fingerprint density at radius 1 is 1.00 bits per heavy atom. The first-order valence-corrected chi connectivity index (χ1v) is 7.63. The van der Waals surface area contributed by atoms with Crippen molar-refractivity contribution in [3.63, 3.8) is 0 Å². The third kappa shape index (κ3) is 3.26. The second-order valence-corrected chi connectivity index (χ2v) is 6.20. The lowest BCUT2D eigenvalue weighted by Crippen LogP contribution is -2.39. The van der Waals surface area contributed by atoms with Crippen LogP contribution in [0.2, 0.25) is 0 Å². The summed E-state index contributed by atoms with van der Waals surface area (Å²) in [7, 11) is 0. The average molecular weight is 316 g/mol. The fourth-order valence-corrected chi connectivity index (χ4v) is 3.09. The van der Waals surface area contributed by atoms with Gasteiger partial charge in [0.15, 0.2) is 0 Å². The van der Waals surface area contributed by atoms with Crippen molar-refractivity contribution in [2.75, 3.05) is 0 Å². The van der Waals surface area contributed by atoms with Crippen LogP contribution < -0.4 is 5.32 Å². The second kappa shape index (κ2) is 5.89. The van der Waals surface area contributed by atoms with Gasteiger partial charge in [-0.3, -0.25) is 0 Å². The largest absolute Gasteiger partial charge is 0.310 e. The number of benzene rings is 2. The van der Waals surface area contributed by atoms with Crippen molar-refractivity contribution in [3.8, 4) is 0 Å². The average Bonchev–Trinajstić information content (AvgIpc) is 2.38. The van der Waals surface area contributed by atoms with Gasteiger partial charge in [-0.2, -0.15) is 0 Å². The molecule has 1 aliphatic rings. The fraction of sp³-hybridized carbons (Fsp3) is 0.294. The molecule has 2 heteroatoms. The van der Waals surface area contributed by atoms with Gasteiger partial charge >= 0.3 is 0 Å².